The number of rotatable bonds is 3. The van der Waals surface area contributed by atoms with Crippen molar-refractivity contribution in [2.75, 3.05) is 6.61 Å². The van der Waals surface area contributed by atoms with Gasteiger partial charge in [0.05, 0.1) is 5.52 Å². The molecule has 3 heterocycles. The van der Waals surface area contributed by atoms with Crippen molar-refractivity contribution < 1.29 is 17.9 Å². The Bertz CT molecular complexity index is 1210. The summed E-state index contributed by atoms with van der Waals surface area (Å²) in [5.74, 6) is -0.250. The third kappa shape index (κ3) is 3.46. The van der Waals surface area contributed by atoms with Crippen molar-refractivity contribution in [3.8, 4) is 17.1 Å². The van der Waals surface area contributed by atoms with Gasteiger partial charge in [0.25, 0.3) is 5.56 Å². The van der Waals surface area contributed by atoms with Crippen molar-refractivity contribution in [1.29, 1.82) is 0 Å². The number of benzene rings is 1. The summed E-state index contributed by atoms with van der Waals surface area (Å²) in [5.41, 5.74) is 1.30. The molecule has 138 valence electrons. The first-order chi connectivity index (χ1) is 12.8. The molecular weight excluding hydrogens is 363 g/mol. The molecule has 0 aliphatic carbocycles. The van der Waals surface area contributed by atoms with Gasteiger partial charge in [-0.2, -0.15) is 23.3 Å². The minimum Gasteiger partial charge on any atom is -0.468 e. The summed E-state index contributed by atoms with van der Waals surface area (Å²) in [6, 6.07) is 8.03. The average Bonchev–Trinajstić information content (AvgIpc) is 2.97. The Morgan fingerprint density at radius 3 is 2.74 bits per heavy atom. The first-order valence-corrected chi connectivity index (χ1v) is 7.83. The number of pyridine rings is 1. The van der Waals surface area contributed by atoms with Crippen molar-refractivity contribution in [3.05, 3.63) is 46.9 Å². The lowest BCUT2D eigenvalue weighted by Crippen LogP contribution is -2.20. The van der Waals surface area contributed by atoms with Gasteiger partial charge in [-0.05, 0) is 12.1 Å². The van der Waals surface area contributed by atoms with Gasteiger partial charge < -0.3 is 9.72 Å². The van der Waals surface area contributed by atoms with Crippen LogP contribution in [0.3, 0.4) is 0 Å². The van der Waals surface area contributed by atoms with Gasteiger partial charge >= 0.3 is 6.18 Å². The fourth-order valence-electron chi connectivity index (χ4n) is 2.67. The van der Waals surface area contributed by atoms with Gasteiger partial charge in [0.1, 0.15) is 11.2 Å². The van der Waals surface area contributed by atoms with E-state index in [0.29, 0.717) is 16.6 Å². The van der Waals surface area contributed by atoms with Crippen LogP contribution in [0, 0.1) is 0 Å². The molecular formula is C17H12F3N5O2. The van der Waals surface area contributed by atoms with Crippen LogP contribution in [0.4, 0.5) is 13.2 Å². The van der Waals surface area contributed by atoms with Crippen LogP contribution in [0.25, 0.3) is 33.3 Å². The summed E-state index contributed by atoms with van der Waals surface area (Å²) in [7, 11) is 1.80. The number of halogens is 3. The van der Waals surface area contributed by atoms with E-state index in [-0.39, 0.29) is 17.2 Å². The zero-order valence-electron chi connectivity index (χ0n) is 13.9. The standard InChI is InChI=1S/C17H12F3N5O2/c1-25-7-10-3-2-9(6-12(10)24-25)14-16(26)23-15-11(21-14)4-5-13(22-15)27-8-17(18,19)20/h2-7H,8H2,1H3,(H,22,23,26). The molecule has 0 bridgehead atoms. The average molecular weight is 375 g/mol. The molecule has 4 aromatic rings. The van der Waals surface area contributed by atoms with E-state index in [2.05, 4.69) is 24.8 Å². The van der Waals surface area contributed by atoms with Gasteiger partial charge in [0, 0.05) is 30.3 Å². The molecule has 27 heavy (non-hydrogen) atoms. The second kappa shape index (κ2) is 6.08. The largest absolute Gasteiger partial charge is 0.468 e. The molecule has 1 aromatic carbocycles. The highest BCUT2D eigenvalue weighted by atomic mass is 19.4. The molecule has 0 saturated carbocycles. The lowest BCUT2D eigenvalue weighted by molar-refractivity contribution is -0.154. The maximum Gasteiger partial charge on any atom is 0.422 e. The summed E-state index contributed by atoms with van der Waals surface area (Å²) in [6.07, 6.45) is -2.63. The molecule has 0 amide bonds. The number of hydrogen-bond donors (Lipinski definition) is 1. The van der Waals surface area contributed by atoms with Crippen molar-refractivity contribution >= 4 is 22.1 Å². The lowest BCUT2D eigenvalue weighted by atomic mass is 10.1. The maximum absolute atomic E-state index is 12.4. The van der Waals surface area contributed by atoms with Gasteiger partial charge in [0.2, 0.25) is 5.88 Å². The highest BCUT2D eigenvalue weighted by Gasteiger charge is 2.28. The molecule has 0 atom stereocenters. The van der Waals surface area contributed by atoms with E-state index < -0.39 is 18.3 Å². The number of alkyl halides is 3. The molecule has 0 spiro atoms. The first kappa shape index (κ1) is 17.0. The van der Waals surface area contributed by atoms with Crippen LogP contribution in [-0.2, 0) is 7.05 Å². The normalized spacial score (nSPS) is 12.0. The zero-order chi connectivity index (χ0) is 19.2. The summed E-state index contributed by atoms with van der Waals surface area (Å²) in [5, 5.41) is 5.22. The predicted molar refractivity (Wildman–Crippen MR) is 91.4 cm³/mol. The summed E-state index contributed by atoms with van der Waals surface area (Å²) >= 11 is 0. The summed E-state index contributed by atoms with van der Waals surface area (Å²) < 4.78 is 43.0. The zero-order valence-corrected chi connectivity index (χ0v) is 13.9. The number of fused-ring (bicyclic) bond motifs is 2. The van der Waals surface area contributed by atoms with Gasteiger partial charge in [0.15, 0.2) is 12.3 Å². The number of aromatic nitrogens is 5. The molecule has 0 radical (unpaired) electrons. The van der Waals surface area contributed by atoms with Crippen LogP contribution in [-0.4, -0.2) is 37.5 Å². The van der Waals surface area contributed by atoms with E-state index in [4.69, 9.17) is 0 Å². The van der Waals surface area contributed by atoms with Crippen LogP contribution in [0.15, 0.2) is 41.3 Å². The number of aryl methyl sites for hydroxylation is 1. The van der Waals surface area contributed by atoms with E-state index in [1.54, 1.807) is 23.9 Å². The molecule has 3 aromatic heterocycles. The monoisotopic (exact) mass is 375 g/mol. The number of nitrogens with one attached hydrogen (secondary N) is 1. The first-order valence-electron chi connectivity index (χ1n) is 7.83. The van der Waals surface area contributed by atoms with Gasteiger partial charge in [-0.15, -0.1) is 0 Å². The Kier molecular flexibility index (Phi) is 3.83. The molecule has 0 unspecified atom stereocenters. The molecule has 0 fully saturated rings. The quantitative estimate of drug-likeness (QED) is 0.595. The maximum atomic E-state index is 12.4. The van der Waals surface area contributed by atoms with Crippen LogP contribution in [0.1, 0.15) is 0 Å². The fourth-order valence-corrected chi connectivity index (χ4v) is 2.67. The third-order valence-corrected chi connectivity index (χ3v) is 3.81. The molecule has 1 N–H and O–H groups in total. The molecule has 7 nitrogen and oxygen atoms in total. The SMILES string of the molecule is Cn1cc2ccc(-c3nc4ccc(OCC(F)(F)F)nc4[nH]c3=O)cc2n1. The lowest BCUT2D eigenvalue weighted by Gasteiger charge is -2.09. The van der Waals surface area contributed by atoms with Gasteiger partial charge in [-0.1, -0.05) is 12.1 Å². The van der Waals surface area contributed by atoms with Crippen molar-refractivity contribution in [3.63, 3.8) is 0 Å². The summed E-state index contributed by atoms with van der Waals surface area (Å²) in [4.78, 5) is 23.1. The van der Waals surface area contributed by atoms with E-state index in [1.165, 1.54) is 12.1 Å². The Morgan fingerprint density at radius 2 is 1.96 bits per heavy atom. The number of hydrogen-bond acceptors (Lipinski definition) is 5. The van der Waals surface area contributed by atoms with Crippen molar-refractivity contribution in [2.45, 2.75) is 6.18 Å². The molecule has 0 aliphatic rings. The molecule has 0 saturated heterocycles. The number of ether oxygens (including phenoxy) is 1. The van der Waals surface area contributed by atoms with E-state index >= 15 is 0 Å². The molecule has 0 aliphatic heterocycles. The highest BCUT2D eigenvalue weighted by molar-refractivity contribution is 5.84. The number of aromatic amines is 1. The van der Waals surface area contributed by atoms with Gasteiger partial charge in [-0.3, -0.25) is 9.48 Å². The minimum absolute atomic E-state index is 0.0438. The van der Waals surface area contributed by atoms with Crippen molar-refractivity contribution in [2.24, 2.45) is 7.05 Å². The molecule has 10 heteroatoms. The Labute approximate surface area is 149 Å². The number of nitrogens with zero attached hydrogens (tertiary/aromatic N) is 4. The molecule has 4 rings (SSSR count). The van der Waals surface area contributed by atoms with Crippen LogP contribution < -0.4 is 10.3 Å². The highest BCUT2D eigenvalue weighted by Crippen LogP contribution is 2.22. The number of H-pyrrole nitrogens is 1. The minimum atomic E-state index is -4.48. The Hall–Kier alpha value is -3.43. The van der Waals surface area contributed by atoms with Crippen LogP contribution in [0.2, 0.25) is 0 Å². The Morgan fingerprint density at radius 1 is 1.15 bits per heavy atom. The second-order valence-electron chi connectivity index (χ2n) is 5.91. The van der Waals surface area contributed by atoms with Gasteiger partial charge in [-0.25, -0.2) is 4.98 Å². The van der Waals surface area contributed by atoms with E-state index in [1.807, 2.05) is 12.3 Å². The fraction of sp³-hybridized carbons (Fsp3) is 0.176. The van der Waals surface area contributed by atoms with E-state index in [9.17, 15) is 18.0 Å². The smallest absolute Gasteiger partial charge is 0.422 e. The van der Waals surface area contributed by atoms with Crippen molar-refractivity contribution in [1.82, 2.24) is 24.7 Å². The Balaban J connectivity index is 1.73. The topological polar surface area (TPSA) is 85.7 Å². The van der Waals surface area contributed by atoms with Crippen LogP contribution in [0.5, 0.6) is 5.88 Å². The third-order valence-electron chi connectivity index (χ3n) is 3.81. The predicted octanol–water partition coefficient (Wildman–Crippen LogP) is 2.81. The van der Waals surface area contributed by atoms with E-state index in [0.717, 1.165) is 5.39 Å². The van der Waals surface area contributed by atoms with Crippen LogP contribution >= 0.6 is 0 Å². The summed E-state index contributed by atoms with van der Waals surface area (Å²) in [6.45, 7) is -1.47. The second-order valence-corrected chi connectivity index (χ2v) is 5.91.